The van der Waals surface area contributed by atoms with E-state index in [0.717, 1.165) is 42.0 Å². The van der Waals surface area contributed by atoms with E-state index in [1.54, 1.807) is 11.4 Å². The number of hydrogen-bond acceptors (Lipinski definition) is 5. The number of piperazine rings is 1. The van der Waals surface area contributed by atoms with Crippen LogP contribution in [0.5, 0.6) is 0 Å². The summed E-state index contributed by atoms with van der Waals surface area (Å²) >= 11 is 0. The molecule has 1 aliphatic carbocycles. The first kappa shape index (κ1) is 17.6. The highest BCUT2D eigenvalue weighted by Crippen LogP contribution is 2.34. The lowest BCUT2D eigenvalue weighted by atomic mass is 9.92. The zero-order valence-electron chi connectivity index (χ0n) is 15.9. The van der Waals surface area contributed by atoms with Crippen LogP contribution in [0.2, 0.25) is 0 Å². The van der Waals surface area contributed by atoms with Gasteiger partial charge in [0, 0.05) is 6.20 Å². The number of nitrogens with zero attached hydrogens (tertiary/aromatic N) is 5. The fraction of sp³-hybridized carbons (Fsp3) is 0.400. The molecule has 2 aliphatic rings. The minimum absolute atomic E-state index is 0.171. The number of aliphatic imine (C=N–C) groups is 1. The minimum Gasteiger partial charge on any atom is -0.342 e. The van der Waals surface area contributed by atoms with Crippen molar-refractivity contribution in [3.63, 3.8) is 0 Å². The Kier molecular flexibility index (Phi) is 4.19. The molecule has 140 valence electrons. The molecule has 3 heterocycles. The summed E-state index contributed by atoms with van der Waals surface area (Å²) in [7, 11) is 4.46. The first-order chi connectivity index (χ1) is 12.9. The van der Waals surface area contributed by atoms with E-state index in [2.05, 4.69) is 24.0 Å². The van der Waals surface area contributed by atoms with Crippen LogP contribution < -0.4 is 4.90 Å². The van der Waals surface area contributed by atoms with E-state index in [9.17, 15) is 9.59 Å². The Labute approximate surface area is 158 Å². The third-order valence-electron chi connectivity index (χ3n) is 5.46. The van der Waals surface area contributed by atoms with Crippen LogP contribution in [0.3, 0.4) is 0 Å². The van der Waals surface area contributed by atoms with Gasteiger partial charge < -0.3 is 9.38 Å². The van der Waals surface area contributed by atoms with Crippen molar-refractivity contribution in [1.29, 1.82) is 0 Å². The van der Waals surface area contributed by atoms with E-state index < -0.39 is 5.92 Å². The van der Waals surface area contributed by atoms with Crippen molar-refractivity contribution in [3.05, 3.63) is 36.5 Å². The number of carbonyl (C=O) groups excluding carboxylic acids is 2. The Hall–Kier alpha value is -2.80. The SMILES string of the molecule is CC1C(=O)C=CC(=Nc2c(N3CC[N+](C)(C)CC3)nn3ccccc23)C1=O. The molecule has 1 aliphatic heterocycles. The number of rotatable bonds is 2. The van der Waals surface area contributed by atoms with Gasteiger partial charge in [-0.15, -0.1) is 5.10 Å². The van der Waals surface area contributed by atoms with Crippen molar-refractivity contribution in [2.45, 2.75) is 6.92 Å². The summed E-state index contributed by atoms with van der Waals surface area (Å²) in [6.45, 7) is 5.44. The molecule has 0 saturated carbocycles. The largest absolute Gasteiger partial charge is 0.342 e. The number of allylic oxidation sites excluding steroid dienone is 2. The maximum Gasteiger partial charge on any atom is 0.191 e. The van der Waals surface area contributed by atoms with Crippen LogP contribution >= 0.6 is 0 Å². The summed E-state index contributed by atoms with van der Waals surface area (Å²) in [6, 6.07) is 5.81. The van der Waals surface area contributed by atoms with E-state index in [4.69, 9.17) is 5.10 Å². The van der Waals surface area contributed by atoms with Crippen molar-refractivity contribution in [2.75, 3.05) is 45.2 Å². The van der Waals surface area contributed by atoms with Crippen LogP contribution in [-0.4, -0.2) is 71.6 Å². The van der Waals surface area contributed by atoms with Gasteiger partial charge in [0.2, 0.25) is 0 Å². The molecule has 1 fully saturated rings. The fourth-order valence-corrected chi connectivity index (χ4v) is 3.46. The minimum atomic E-state index is -0.674. The quantitative estimate of drug-likeness (QED) is 0.599. The Morgan fingerprint density at radius 3 is 2.63 bits per heavy atom. The van der Waals surface area contributed by atoms with Gasteiger partial charge in [-0.25, -0.2) is 9.51 Å². The van der Waals surface area contributed by atoms with Crippen molar-refractivity contribution in [1.82, 2.24) is 9.61 Å². The second-order valence-corrected chi connectivity index (χ2v) is 7.89. The second-order valence-electron chi connectivity index (χ2n) is 7.89. The van der Waals surface area contributed by atoms with Crippen LogP contribution in [0, 0.1) is 5.92 Å². The average Bonchev–Trinajstić information content (AvgIpc) is 3.01. The third kappa shape index (κ3) is 3.19. The van der Waals surface area contributed by atoms with Gasteiger partial charge in [-0.05, 0) is 31.2 Å². The Balaban J connectivity index is 1.80. The molecule has 0 aromatic carbocycles. The number of hydrogen-bond donors (Lipinski definition) is 0. The molecule has 1 unspecified atom stereocenters. The maximum absolute atomic E-state index is 12.5. The Morgan fingerprint density at radius 1 is 1.15 bits per heavy atom. The van der Waals surface area contributed by atoms with E-state index in [-0.39, 0.29) is 11.6 Å². The summed E-state index contributed by atoms with van der Waals surface area (Å²) in [5, 5.41) is 4.73. The topological polar surface area (TPSA) is 67.0 Å². The van der Waals surface area contributed by atoms with Gasteiger partial charge in [0.1, 0.15) is 11.4 Å². The third-order valence-corrected chi connectivity index (χ3v) is 5.46. The van der Waals surface area contributed by atoms with Crippen molar-refractivity contribution >= 4 is 34.3 Å². The standard InChI is InChI=1S/C20H24N5O2/c1-14-17(26)8-7-15(19(14)27)21-18-16-6-4-5-9-24(16)22-20(18)23-10-12-25(2,3)13-11-23/h4-9,14H,10-13H2,1-3H3/q+1. The van der Waals surface area contributed by atoms with Gasteiger partial charge in [0.05, 0.1) is 51.7 Å². The highest BCUT2D eigenvalue weighted by Gasteiger charge is 2.30. The molecule has 1 atom stereocenters. The molecule has 7 heteroatoms. The number of quaternary nitrogens is 1. The number of carbonyl (C=O) groups is 2. The second kappa shape index (κ2) is 6.42. The predicted octanol–water partition coefficient (Wildman–Crippen LogP) is 1.65. The highest BCUT2D eigenvalue weighted by molar-refractivity contribution is 6.50. The summed E-state index contributed by atoms with van der Waals surface area (Å²) in [4.78, 5) is 31.2. The van der Waals surface area contributed by atoms with E-state index in [0.29, 0.717) is 11.4 Å². The van der Waals surface area contributed by atoms with Gasteiger partial charge in [-0.1, -0.05) is 6.07 Å². The number of pyridine rings is 1. The molecule has 0 bridgehead atoms. The molecule has 0 amide bonds. The number of Topliss-reactive ketones (excluding diaryl/α,β-unsaturated/α-hetero) is 1. The number of ketones is 2. The van der Waals surface area contributed by atoms with Crippen LogP contribution in [0.4, 0.5) is 11.5 Å². The molecular formula is C20H24N5O2+. The smallest absolute Gasteiger partial charge is 0.191 e. The van der Waals surface area contributed by atoms with E-state index in [1.165, 1.54) is 12.2 Å². The highest BCUT2D eigenvalue weighted by atomic mass is 16.2. The van der Waals surface area contributed by atoms with Gasteiger partial charge >= 0.3 is 0 Å². The van der Waals surface area contributed by atoms with E-state index >= 15 is 0 Å². The zero-order valence-corrected chi connectivity index (χ0v) is 15.9. The first-order valence-corrected chi connectivity index (χ1v) is 9.25. The van der Waals surface area contributed by atoms with E-state index in [1.807, 2.05) is 24.4 Å². The predicted molar refractivity (Wildman–Crippen MR) is 105 cm³/mol. The maximum atomic E-state index is 12.5. The number of likely N-dealkylation sites (N-methyl/N-ethyl adjacent to an activating group) is 1. The van der Waals surface area contributed by atoms with Crippen molar-refractivity contribution in [2.24, 2.45) is 10.9 Å². The lowest BCUT2D eigenvalue weighted by molar-refractivity contribution is -0.890. The molecule has 2 aromatic rings. The molecule has 27 heavy (non-hydrogen) atoms. The molecule has 0 spiro atoms. The van der Waals surface area contributed by atoms with Gasteiger partial charge in [0.15, 0.2) is 17.4 Å². The summed E-state index contributed by atoms with van der Waals surface area (Å²) in [6.07, 6.45) is 4.85. The molecule has 7 nitrogen and oxygen atoms in total. The van der Waals surface area contributed by atoms with Crippen molar-refractivity contribution in [3.8, 4) is 0 Å². The molecule has 1 saturated heterocycles. The number of aromatic nitrogens is 2. The summed E-state index contributed by atoms with van der Waals surface area (Å²) in [5.41, 5.74) is 1.86. The van der Waals surface area contributed by atoms with Crippen LogP contribution in [0.25, 0.3) is 5.52 Å². The molecule has 0 radical (unpaired) electrons. The normalized spacial score (nSPS) is 24.2. The lowest BCUT2D eigenvalue weighted by Gasteiger charge is -2.39. The monoisotopic (exact) mass is 366 g/mol. The molecular weight excluding hydrogens is 342 g/mol. The number of anilines is 1. The zero-order chi connectivity index (χ0) is 19.2. The van der Waals surface area contributed by atoms with Gasteiger partial charge in [-0.2, -0.15) is 0 Å². The lowest BCUT2D eigenvalue weighted by Crippen LogP contribution is -2.55. The Morgan fingerprint density at radius 2 is 1.89 bits per heavy atom. The Bertz CT molecular complexity index is 975. The molecule has 2 aromatic heterocycles. The van der Waals surface area contributed by atoms with Crippen LogP contribution in [-0.2, 0) is 9.59 Å². The number of fused-ring (bicyclic) bond motifs is 1. The molecule has 4 rings (SSSR count). The van der Waals surface area contributed by atoms with Gasteiger partial charge in [-0.3, -0.25) is 9.59 Å². The fourth-order valence-electron chi connectivity index (χ4n) is 3.46. The van der Waals surface area contributed by atoms with Crippen LogP contribution in [0.1, 0.15) is 6.92 Å². The first-order valence-electron chi connectivity index (χ1n) is 9.25. The summed E-state index contributed by atoms with van der Waals surface area (Å²) in [5.74, 6) is -0.290. The average molecular weight is 366 g/mol. The van der Waals surface area contributed by atoms with Crippen LogP contribution in [0.15, 0.2) is 41.5 Å². The van der Waals surface area contributed by atoms with Crippen molar-refractivity contribution < 1.29 is 14.1 Å². The summed E-state index contributed by atoms with van der Waals surface area (Å²) < 4.78 is 2.78. The molecule has 0 N–H and O–H groups in total. The van der Waals surface area contributed by atoms with Gasteiger partial charge in [0.25, 0.3) is 0 Å².